The minimum absolute atomic E-state index is 0.0641. The summed E-state index contributed by atoms with van der Waals surface area (Å²) in [6.45, 7) is 4.29. The van der Waals surface area contributed by atoms with E-state index in [1.165, 1.54) is 141 Å². The standard InChI is InChI=1S/C35H69NO3/c1-3-5-7-9-11-13-15-17-19-21-23-25-27-29-31-35(39)36-33(32-37)34(38)30-28-26-24-22-20-18-16-14-12-10-8-6-4-2/h28,30,33-34,37-38H,3-27,29,31-32H2,1-2H3,(H,36,39)/b30-28+/t33-,34-/m1/s1. The molecule has 3 N–H and O–H groups in total. The molecule has 0 saturated heterocycles. The quantitative estimate of drug-likeness (QED) is 0.0593. The number of unbranched alkanes of at least 4 members (excludes halogenated alkanes) is 24. The summed E-state index contributed by atoms with van der Waals surface area (Å²) in [5, 5.41) is 22.8. The molecule has 39 heavy (non-hydrogen) atoms. The van der Waals surface area contributed by atoms with E-state index in [9.17, 15) is 15.0 Å². The van der Waals surface area contributed by atoms with Crippen molar-refractivity contribution in [2.75, 3.05) is 6.61 Å². The van der Waals surface area contributed by atoms with E-state index in [0.29, 0.717) is 6.42 Å². The number of hydrogen-bond acceptors (Lipinski definition) is 3. The van der Waals surface area contributed by atoms with Crippen LogP contribution in [0.2, 0.25) is 0 Å². The SMILES string of the molecule is CCCCCCCCCCCCC/C=C/[C@@H](O)[C@@H](CO)NC(=O)CCCCCCCCCCCCCCCC. The maximum Gasteiger partial charge on any atom is 0.220 e. The number of nitrogens with one attached hydrogen (secondary N) is 1. The first-order valence-electron chi connectivity index (χ1n) is 17.4. The van der Waals surface area contributed by atoms with E-state index in [2.05, 4.69) is 19.2 Å². The number of rotatable bonds is 31. The van der Waals surface area contributed by atoms with Gasteiger partial charge in [0.25, 0.3) is 0 Å². The molecule has 0 saturated carbocycles. The van der Waals surface area contributed by atoms with Crippen LogP contribution in [0.25, 0.3) is 0 Å². The fourth-order valence-electron chi connectivity index (χ4n) is 5.29. The van der Waals surface area contributed by atoms with Crippen molar-refractivity contribution >= 4 is 5.91 Å². The van der Waals surface area contributed by atoms with E-state index in [1.54, 1.807) is 6.08 Å². The highest BCUT2D eigenvalue weighted by atomic mass is 16.3. The van der Waals surface area contributed by atoms with E-state index >= 15 is 0 Å². The Morgan fingerprint density at radius 2 is 0.949 bits per heavy atom. The lowest BCUT2D eigenvalue weighted by Crippen LogP contribution is -2.45. The van der Waals surface area contributed by atoms with Crippen LogP contribution in [0.4, 0.5) is 0 Å². The summed E-state index contributed by atoms with van der Waals surface area (Å²) in [5.41, 5.74) is 0. The van der Waals surface area contributed by atoms with Crippen molar-refractivity contribution in [1.82, 2.24) is 5.32 Å². The lowest BCUT2D eigenvalue weighted by Gasteiger charge is -2.20. The lowest BCUT2D eigenvalue weighted by atomic mass is 10.0. The number of carbonyl (C=O) groups is 1. The van der Waals surface area contributed by atoms with E-state index < -0.39 is 12.1 Å². The summed E-state index contributed by atoms with van der Waals surface area (Å²) in [6.07, 6.45) is 37.1. The van der Waals surface area contributed by atoms with Gasteiger partial charge in [-0.1, -0.05) is 174 Å². The number of allylic oxidation sites excluding steroid dienone is 1. The lowest BCUT2D eigenvalue weighted by molar-refractivity contribution is -0.123. The third-order valence-corrected chi connectivity index (χ3v) is 8.02. The van der Waals surface area contributed by atoms with Gasteiger partial charge in [0.1, 0.15) is 0 Å². The number of amides is 1. The minimum Gasteiger partial charge on any atom is -0.394 e. The van der Waals surface area contributed by atoms with E-state index in [-0.39, 0.29) is 12.5 Å². The number of aliphatic hydroxyl groups is 2. The highest BCUT2D eigenvalue weighted by Crippen LogP contribution is 2.14. The Balaban J connectivity index is 3.62. The predicted octanol–water partition coefficient (Wildman–Crippen LogP) is 9.95. The Bertz CT molecular complexity index is 522. The molecule has 4 nitrogen and oxygen atoms in total. The second-order valence-electron chi connectivity index (χ2n) is 11.9. The Hall–Kier alpha value is -0.870. The van der Waals surface area contributed by atoms with Crippen LogP contribution in [0.1, 0.15) is 187 Å². The Morgan fingerprint density at radius 3 is 1.33 bits per heavy atom. The first-order chi connectivity index (χ1) is 19.2. The van der Waals surface area contributed by atoms with Crippen LogP contribution in [0.3, 0.4) is 0 Å². The van der Waals surface area contributed by atoms with Crippen molar-refractivity contribution in [3.63, 3.8) is 0 Å². The topological polar surface area (TPSA) is 69.6 Å². The van der Waals surface area contributed by atoms with Crippen LogP contribution in [0.5, 0.6) is 0 Å². The van der Waals surface area contributed by atoms with Crippen molar-refractivity contribution in [3.8, 4) is 0 Å². The van der Waals surface area contributed by atoms with Gasteiger partial charge in [-0.25, -0.2) is 0 Å². The largest absolute Gasteiger partial charge is 0.394 e. The fraction of sp³-hybridized carbons (Fsp3) is 0.914. The highest BCUT2D eigenvalue weighted by molar-refractivity contribution is 5.76. The van der Waals surface area contributed by atoms with Crippen LogP contribution in [0.15, 0.2) is 12.2 Å². The van der Waals surface area contributed by atoms with Gasteiger partial charge in [-0.2, -0.15) is 0 Å². The van der Waals surface area contributed by atoms with Crippen LogP contribution >= 0.6 is 0 Å². The molecule has 4 heteroatoms. The molecule has 0 bridgehead atoms. The Labute approximate surface area is 244 Å². The van der Waals surface area contributed by atoms with Crippen molar-refractivity contribution in [1.29, 1.82) is 0 Å². The molecule has 1 amide bonds. The maximum atomic E-state index is 12.3. The molecule has 0 spiro atoms. The zero-order valence-corrected chi connectivity index (χ0v) is 26.4. The van der Waals surface area contributed by atoms with Gasteiger partial charge in [-0.3, -0.25) is 4.79 Å². The molecule has 0 aliphatic rings. The first kappa shape index (κ1) is 38.1. The average molecular weight is 552 g/mol. The molecule has 0 aromatic carbocycles. The number of carbonyl (C=O) groups excluding carboxylic acids is 1. The molecule has 0 rings (SSSR count). The zero-order valence-electron chi connectivity index (χ0n) is 26.4. The van der Waals surface area contributed by atoms with Gasteiger partial charge in [-0.15, -0.1) is 0 Å². The summed E-state index contributed by atoms with van der Waals surface area (Å²) in [4.78, 5) is 12.3. The van der Waals surface area contributed by atoms with Gasteiger partial charge < -0.3 is 15.5 Å². The molecule has 0 heterocycles. The smallest absolute Gasteiger partial charge is 0.220 e. The molecule has 2 atom stereocenters. The van der Waals surface area contributed by atoms with Gasteiger partial charge in [-0.05, 0) is 19.3 Å². The van der Waals surface area contributed by atoms with Gasteiger partial charge in [0.2, 0.25) is 5.91 Å². The van der Waals surface area contributed by atoms with Gasteiger partial charge >= 0.3 is 0 Å². The first-order valence-corrected chi connectivity index (χ1v) is 17.4. The predicted molar refractivity (Wildman–Crippen MR) is 170 cm³/mol. The third-order valence-electron chi connectivity index (χ3n) is 8.02. The molecular weight excluding hydrogens is 482 g/mol. The molecule has 0 aromatic rings. The van der Waals surface area contributed by atoms with Crippen LogP contribution < -0.4 is 5.32 Å². The maximum absolute atomic E-state index is 12.3. The summed E-state index contributed by atoms with van der Waals surface area (Å²) in [7, 11) is 0. The van der Waals surface area contributed by atoms with E-state index in [1.807, 2.05) is 6.08 Å². The molecule has 0 radical (unpaired) electrons. The van der Waals surface area contributed by atoms with Crippen LogP contribution in [-0.4, -0.2) is 34.9 Å². The van der Waals surface area contributed by atoms with Gasteiger partial charge in [0.15, 0.2) is 0 Å². The van der Waals surface area contributed by atoms with Crippen LogP contribution in [-0.2, 0) is 4.79 Å². The van der Waals surface area contributed by atoms with Crippen molar-refractivity contribution in [3.05, 3.63) is 12.2 Å². The van der Waals surface area contributed by atoms with Crippen LogP contribution in [0, 0.1) is 0 Å². The second-order valence-corrected chi connectivity index (χ2v) is 11.9. The van der Waals surface area contributed by atoms with E-state index in [4.69, 9.17) is 0 Å². The minimum atomic E-state index is -0.831. The average Bonchev–Trinajstić information content (AvgIpc) is 2.94. The Kier molecular flexibility index (Phi) is 30.9. The molecule has 232 valence electrons. The molecule has 0 aliphatic heterocycles. The van der Waals surface area contributed by atoms with Crippen molar-refractivity contribution in [2.45, 2.75) is 199 Å². The molecular formula is C35H69NO3. The summed E-state index contributed by atoms with van der Waals surface area (Å²) in [6, 6.07) is -0.613. The summed E-state index contributed by atoms with van der Waals surface area (Å²) < 4.78 is 0. The molecule has 0 fully saturated rings. The monoisotopic (exact) mass is 552 g/mol. The molecule has 0 aromatic heterocycles. The van der Waals surface area contributed by atoms with Gasteiger partial charge in [0, 0.05) is 6.42 Å². The summed E-state index contributed by atoms with van der Waals surface area (Å²) >= 11 is 0. The third kappa shape index (κ3) is 28.5. The summed E-state index contributed by atoms with van der Waals surface area (Å²) in [5.74, 6) is -0.0641. The van der Waals surface area contributed by atoms with Crippen molar-refractivity contribution < 1.29 is 15.0 Å². The number of hydrogen-bond donors (Lipinski definition) is 3. The van der Waals surface area contributed by atoms with Gasteiger partial charge in [0.05, 0.1) is 18.8 Å². The fourth-order valence-corrected chi connectivity index (χ4v) is 5.29. The highest BCUT2D eigenvalue weighted by Gasteiger charge is 2.17. The second kappa shape index (κ2) is 31.7. The Morgan fingerprint density at radius 1 is 0.590 bits per heavy atom. The van der Waals surface area contributed by atoms with E-state index in [0.717, 1.165) is 25.7 Å². The normalized spacial score (nSPS) is 13.2. The molecule has 0 unspecified atom stereocenters. The number of aliphatic hydroxyl groups excluding tert-OH is 2. The zero-order chi connectivity index (χ0) is 28.7. The molecule has 0 aliphatic carbocycles. The van der Waals surface area contributed by atoms with Crippen molar-refractivity contribution in [2.24, 2.45) is 0 Å².